The SMILES string of the molecule is CC(C)(C)c1ccc(-c2noc(CNC(=O)Cc3ccccc3Cl)n2)cc1. The van der Waals surface area contributed by atoms with Gasteiger partial charge in [0.2, 0.25) is 17.6 Å². The number of hydrogen-bond donors (Lipinski definition) is 1. The smallest absolute Gasteiger partial charge is 0.246 e. The van der Waals surface area contributed by atoms with Crippen molar-refractivity contribution in [3.8, 4) is 11.4 Å². The molecule has 6 heteroatoms. The van der Waals surface area contributed by atoms with Crippen LogP contribution < -0.4 is 5.32 Å². The minimum Gasteiger partial charge on any atom is -0.347 e. The molecule has 2 aromatic carbocycles. The number of carbonyl (C=O) groups is 1. The fraction of sp³-hybridized carbons (Fsp3) is 0.286. The normalized spacial score (nSPS) is 11.4. The number of amides is 1. The predicted octanol–water partition coefficient (Wildman–Crippen LogP) is 4.55. The average Bonchev–Trinajstić information content (AvgIpc) is 3.10. The number of halogens is 1. The summed E-state index contributed by atoms with van der Waals surface area (Å²) < 4.78 is 5.24. The van der Waals surface area contributed by atoms with Gasteiger partial charge in [-0.3, -0.25) is 4.79 Å². The standard InChI is InChI=1S/C21H22ClN3O2/c1-21(2,3)16-10-8-14(9-11-16)20-24-19(27-25-20)13-23-18(26)12-15-6-4-5-7-17(15)22/h4-11H,12-13H2,1-3H3,(H,23,26). The Hall–Kier alpha value is -2.66. The van der Waals surface area contributed by atoms with Crippen molar-refractivity contribution >= 4 is 17.5 Å². The second-order valence-electron chi connectivity index (χ2n) is 7.38. The Morgan fingerprint density at radius 2 is 1.81 bits per heavy atom. The summed E-state index contributed by atoms with van der Waals surface area (Å²) in [6, 6.07) is 15.4. The number of benzene rings is 2. The van der Waals surface area contributed by atoms with Crippen molar-refractivity contribution in [2.24, 2.45) is 0 Å². The Morgan fingerprint density at radius 3 is 2.48 bits per heavy atom. The molecule has 0 spiro atoms. The fourth-order valence-electron chi connectivity index (χ4n) is 2.61. The molecule has 0 bridgehead atoms. The van der Waals surface area contributed by atoms with Gasteiger partial charge in [0.05, 0.1) is 13.0 Å². The maximum Gasteiger partial charge on any atom is 0.246 e. The van der Waals surface area contributed by atoms with E-state index >= 15 is 0 Å². The number of aromatic nitrogens is 2. The van der Waals surface area contributed by atoms with Gasteiger partial charge < -0.3 is 9.84 Å². The van der Waals surface area contributed by atoms with Crippen molar-refractivity contribution in [3.05, 3.63) is 70.6 Å². The van der Waals surface area contributed by atoms with Crippen LogP contribution >= 0.6 is 11.6 Å². The molecule has 0 aliphatic carbocycles. The van der Waals surface area contributed by atoms with Crippen LogP contribution in [0.1, 0.15) is 37.8 Å². The summed E-state index contributed by atoms with van der Waals surface area (Å²) in [7, 11) is 0. The van der Waals surface area contributed by atoms with Crippen molar-refractivity contribution in [1.82, 2.24) is 15.5 Å². The zero-order valence-electron chi connectivity index (χ0n) is 15.6. The zero-order valence-corrected chi connectivity index (χ0v) is 16.4. The van der Waals surface area contributed by atoms with Crippen LogP contribution in [0, 0.1) is 0 Å². The summed E-state index contributed by atoms with van der Waals surface area (Å²) >= 11 is 6.07. The van der Waals surface area contributed by atoms with E-state index in [0.29, 0.717) is 16.7 Å². The molecule has 3 aromatic rings. The maximum absolute atomic E-state index is 12.1. The summed E-state index contributed by atoms with van der Waals surface area (Å²) in [5.41, 5.74) is 2.98. The average molecular weight is 384 g/mol. The van der Waals surface area contributed by atoms with Gasteiger partial charge in [0.15, 0.2) is 0 Å². The third kappa shape index (κ3) is 4.95. The largest absolute Gasteiger partial charge is 0.347 e. The lowest BCUT2D eigenvalue weighted by Gasteiger charge is -2.18. The highest BCUT2D eigenvalue weighted by atomic mass is 35.5. The van der Waals surface area contributed by atoms with Crippen LogP contribution in [-0.4, -0.2) is 16.0 Å². The highest BCUT2D eigenvalue weighted by Crippen LogP contribution is 2.25. The van der Waals surface area contributed by atoms with E-state index in [1.54, 1.807) is 6.07 Å². The third-order valence-corrected chi connectivity index (χ3v) is 4.59. The molecule has 0 atom stereocenters. The second kappa shape index (κ2) is 7.92. The van der Waals surface area contributed by atoms with Crippen LogP contribution in [0.4, 0.5) is 0 Å². The quantitative estimate of drug-likeness (QED) is 0.702. The molecule has 1 amide bonds. The van der Waals surface area contributed by atoms with Gasteiger partial charge >= 0.3 is 0 Å². The third-order valence-electron chi connectivity index (χ3n) is 4.22. The highest BCUT2D eigenvalue weighted by Gasteiger charge is 2.15. The van der Waals surface area contributed by atoms with Gasteiger partial charge in [-0.2, -0.15) is 4.98 Å². The number of nitrogens with zero attached hydrogens (tertiary/aromatic N) is 2. The van der Waals surface area contributed by atoms with E-state index in [0.717, 1.165) is 11.1 Å². The number of rotatable bonds is 5. The first kappa shape index (κ1) is 19.1. The van der Waals surface area contributed by atoms with E-state index in [1.165, 1.54) is 5.56 Å². The first-order valence-electron chi connectivity index (χ1n) is 8.76. The van der Waals surface area contributed by atoms with Crippen LogP contribution in [0.2, 0.25) is 5.02 Å². The van der Waals surface area contributed by atoms with Gasteiger partial charge in [0.25, 0.3) is 0 Å². The molecule has 27 heavy (non-hydrogen) atoms. The lowest BCUT2D eigenvalue weighted by Crippen LogP contribution is -2.24. The summed E-state index contributed by atoms with van der Waals surface area (Å²) in [5, 5.41) is 7.35. The first-order chi connectivity index (χ1) is 12.8. The molecule has 140 valence electrons. The van der Waals surface area contributed by atoms with Crippen molar-refractivity contribution in [2.45, 2.75) is 39.2 Å². The molecule has 0 aliphatic heterocycles. The van der Waals surface area contributed by atoms with Crippen LogP contribution in [-0.2, 0) is 23.2 Å². The lowest BCUT2D eigenvalue weighted by molar-refractivity contribution is -0.120. The minimum absolute atomic E-state index is 0.0902. The predicted molar refractivity (Wildman–Crippen MR) is 105 cm³/mol. The first-order valence-corrected chi connectivity index (χ1v) is 9.14. The second-order valence-corrected chi connectivity index (χ2v) is 7.79. The van der Waals surface area contributed by atoms with Crippen LogP contribution in [0.5, 0.6) is 0 Å². The zero-order chi connectivity index (χ0) is 19.4. The van der Waals surface area contributed by atoms with Gasteiger partial charge in [0, 0.05) is 10.6 Å². The van der Waals surface area contributed by atoms with Crippen molar-refractivity contribution < 1.29 is 9.32 Å². The van der Waals surface area contributed by atoms with Crippen molar-refractivity contribution in [3.63, 3.8) is 0 Å². The summed E-state index contributed by atoms with van der Waals surface area (Å²) in [5.74, 6) is 0.709. The van der Waals surface area contributed by atoms with Crippen LogP contribution in [0.15, 0.2) is 53.1 Å². The molecule has 0 fully saturated rings. The molecule has 0 aliphatic rings. The van der Waals surface area contributed by atoms with E-state index in [4.69, 9.17) is 16.1 Å². The molecule has 1 heterocycles. The highest BCUT2D eigenvalue weighted by molar-refractivity contribution is 6.31. The number of nitrogens with one attached hydrogen (secondary N) is 1. The molecule has 0 saturated heterocycles. The summed E-state index contributed by atoms with van der Waals surface area (Å²) in [6.45, 7) is 6.68. The van der Waals surface area contributed by atoms with E-state index in [1.807, 2.05) is 30.3 Å². The minimum atomic E-state index is -0.155. The number of carbonyl (C=O) groups excluding carboxylic acids is 1. The Bertz CT molecular complexity index is 927. The van der Waals surface area contributed by atoms with Crippen LogP contribution in [0.3, 0.4) is 0 Å². The number of hydrogen-bond acceptors (Lipinski definition) is 4. The molecule has 0 unspecified atom stereocenters. The topological polar surface area (TPSA) is 68.0 Å². The molecule has 5 nitrogen and oxygen atoms in total. The molecular formula is C21H22ClN3O2. The Morgan fingerprint density at radius 1 is 1.11 bits per heavy atom. The Balaban J connectivity index is 1.59. The van der Waals surface area contributed by atoms with Crippen molar-refractivity contribution in [2.75, 3.05) is 0 Å². The summed E-state index contributed by atoms with van der Waals surface area (Å²) in [4.78, 5) is 16.4. The molecule has 1 N–H and O–H groups in total. The van der Waals surface area contributed by atoms with E-state index in [-0.39, 0.29) is 24.3 Å². The Kier molecular flexibility index (Phi) is 5.61. The van der Waals surface area contributed by atoms with Gasteiger partial charge in [-0.25, -0.2) is 0 Å². The molecule has 1 aromatic heterocycles. The lowest BCUT2D eigenvalue weighted by atomic mass is 9.87. The van der Waals surface area contributed by atoms with Gasteiger partial charge in [-0.15, -0.1) is 0 Å². The van der Waals surface area contributed by atoms with E-state index in [2.05, 4.69) is 48.4 Å². The van der Waals surface area contributed by atoms with Gasteiger partial charge in [-0.1, -0.05) is 80.0 Å². The molecular weight excluding hydrogens is 362 g/mol. The fourth-order valence-corrected chi connectivity index (χ4v) is 2.82. The Labute approximate surface area is 163 Å². The van der Waals surface area contributed by atoms with Crippen LogP contribution in [0.25, 0.3) is 11.4 Å². The van der Waals surface area contributed by atoms with Gasteiger partial charge in [-0.05, 0) is 22.6 Å². The maximum atomic E-state index is 12.1. The van der Waals surface area contributed by atoms with E-state index in [9.17, 15) is 4.79 Å². The summed E-state index contributed by atoms with van der Waals surface area (Å²) in [6.07, 6.45) is 0.203. The molecule has 3 rings (SSSR count). The van der Waals surface area contributed by atoms with Crippen molar-refractivity contribution in [1.29, 1.82) is 0 Å². The molecule has 0 saturated carbocycles. The molecule has 0 radical (unpaired) electrons. The monoisotopic (exact) mass is 383 g/mol. The van der Waals surface area contributed by atoms with E-state index < -0.39 is 0 Å². The van der Waals surface area contributed by atoms with Gasteiger partial charge in [0.1, 0.15) is 0 Å².